The molecule has 20 heavy (non-hydrogen) atoms. The molecule has 1 atom stereocenters. The van der Waals surface area contributed by atoms with E-state index in [1.165, 1.54) is 19.4 Å². The number of para-hydroxylation sites is 1. The Labute approximate surface area is 121 Å². The van der Waals surface area contributed by atoms with Gasteiger partial charge in [0.25, 0.3) is 0 Å². The van der Waals surface area contributed by atoms with Crippen molar-refractivity contribution in [3.63, 3.8) is 0 Å². The second-order valence-electron chi connectivity index (χ2n) is 5.45. The molecule has 1 fully saturated rings. The van der Waals surface area contributed by atoms with E-state index in [-0.39, 0.29) is 5.91 Å². The molecule has 0 aromatic heterocycles. The maximum Gasteiger partial charge on any atom is 0.221 e. The van der Waals surface area contributed by atoms with E-state index in [0.717, 1.165) is 30.9 Å². The highest BCUT2D eigenvalue weighted by molar-refractivity contribution is 5.89. The van der Waals surface area contributed by atoms with Crippen molar-refractivity contribution in [1.29, 1.82) is 0 Å². The van der Waals surface area contributed by atoms with Crippen LogP contribution in [-0.2, 0) is 11.3 Å². The molecule has 1 unspecified atom stereocenters. The van der Waals surface area contributed by atoms with Crippen LogP contribution in [-0.4, -0.2) is 36.5 Å². The second kappa shape index (κ2) is 7.41. The van der Waals surface area contributed by atoms with Crippen LogP contribution in [0.15, 0.2) is 24.3 Å². The van der Waals surface area contributed by atoms with E-state index in [2.05, 4.69) is 28.5 Å². The van der Waals surface area contributed by atoms with Gasteiger partial charge < -0.3 is 15.5 Å². The lowest BCUT2D eigenvalue weighted by Gasteiger charge is -2.32. The molecule has 1 saturated heterocycles. The minimum atomic E-state index is -0.0210. The van der Waals surface area contributed by atoms with Gasteiger partial charge in [-0.25, -0.2) is 0 Å². The van der Waals surface area contributed by atoms with Crippen molar-refractivity contribution < 1.29 is 4.79 Å². The van der Waals surface area contributed by atoms with Gasteiger partial charge in [0.05, 0.1) is 0 Å². The minimum absolute atomic E-state index is 0.0210. The first-order chi connectivity index (χ1) is 9.69. The highest BCUT2D eigenvalue weighted by Gasteiger charge is 2.18. The number of nitrogens with zero attached hydrogens (tertiary/aromatic N) is 1. The molecular formula is C16H25N3O. The second-order valence-corrected chi connectivity index (χ2v) is 5.45. The van der Waals surface area contributed by atoms with Gasteiger partial charge in [-0.05, 0) is 37.6 Å². The van der Waals surface area contributed by atoms with Gasteiger partial charge in [0.2, 0.25) is 5.91 Å². The Morgan fingerprint density at radius 1 is 1.40 bits per heavy atom. The van der Waals surface area contributed by atoms with Crippen molar-refractivity contribution in [2.45, 2.75) is 39.3 Å². The lowest BCUT2D eigenvalue weighted by atomic mass is 10.0. The summed E-state index contributed by atoms with van der Waals surface area (Å²) in [5, 5.41) is 6.51. The fourth-order valence-corrected chi connectivity index (χ4v) is 2.75. The monoisotopic (exact) mass is 275 g/mol. The smallest absolute Gasteiger partial charge is 0.221 e. The lowest BCUT2D eigenvalue weighted by molar-refractivity contribution is -0.114. The summed E-state index contributed by atoms with van der Waals surface area (Å²) in [6.45, 7) is 8.04. The molecule has 2 rings (SSSR count). The summed E-state index contributed by atoms with van der Waals surface area (Å²) in [6, 6.07) is 8.54. The first kappa shape index (κ1) is 15.0. The molecule has 1 aromatic carbocycles. The Morgan fingerprint density at radius 3 is 2.95 bits per heavy atom. The van der Waals surface area contributed by atoms with Crippen LogP contribution in [0.1, 0.15) is 32.3 Å². The Morgan fingerprint density at radius 2 is 2.20 bits per heavy atom. The summed E-state index contributed by atoms with van der Waals surface area (Å²) in [5.41, 5.74) is 2.06. The molecule has 1 aliphatic heterocycles. The molecular weight excluding hydrogens is 250 g/mol. The van der Waals surface area contributed by atoms with Gasteiger partial charge in [0.15, 0.2) is 0 Å². The Balaban J connectivity index is 1.91. The normalized spacial score (nSPS) is 19.8. The fourth-order valence-electron chi connectivity index (χ4n) is 2.75. The molecule has 0 aliphatic carbocycles. The van der Waals surface area contributed by atoms with Crippen LogP contribution < -0.4 is 10.6 Å². The number of benzene rings is 1. The molecule has 110 valence electrons. The van der Waals surface area contributed by atoms with Crippen molar-refractivity contribution >= 4 is 11.6 Å². The van der Waals surface area contributed by atoms with E-state index < -0.39 is 0 Å². The predicted molar refractivity (Wildman–Crippen MR) is 82.7 cm³/mol. The number of rotatable bonds is 5. The largest absolute Gasteiger partial charge is 0.326 e. The molecule has 4 heteroatoms. The average Bonchev–Trinajstić information content (AvgIpc) is 2.46. The van der Waals surface area contributed by atoms with Crippen LogP contribution in [0.4, 0.5) is 5.69 Å². The van der Waals surface area contributed by atoms with Crippen LogP contribution in [0.3, 0.4) is 0 Å². The van der Waals surface area contributed by atoms with Gasteiger partial charge in [0.1, 0.15) is 0 Å². The average molecular weight is 275 g/mol. The van der Waals surface area contributed by atoms with E-state index in [1.54, 1.807) is 6.92 Å². The minimum Gasteiger partial charge on any atom is -0.326 e. The van der Waals surface area contributed by atoms with E-state index >= 15 is 0 Å². The number of carbonyl (C=O) groups is 1. The van der Waals surface area contributed by atoms with E-state index in [0.29, 0.717) is 6.04 Å². The van der Waals surface area contributed by atoms with Gasteiger partial charge in [-0.15, -0.1) is 0 Å². The zero-order valence-electron chi connectivity index (χ0n) is 12.5. The maximum absolute atomic E-state index is 11.2. The number of hydrogen-bond donors (Lipinski definition) is 2. The number of anilines is 1. The summed E-state index contributed by atoms with van der Waals surface area (Å²) in [5.74, 6) is -0.0210. The third-order valence-electron chi connectivity index (χ3n) is 3.86. The van der Waals surface area contributed by atoms with Crippen LogP contribution in [0.25, 0.3) is 0 Å². The highest BCUT2D eigenvalue weighted by Crippen LogP contribution is 2.16. The summed E-state index contributed by atoms with van der Waals surface area (Å²) >= 11 is 0. The standard InChI is InChI=1S/C16H25N3O/c1-3-19-10-6-8-15(12-19)17-11-14-7-4-5-9-16(14)18-13(2)20/h4-5,7,9,15,17H,3,6,8,10-12H2,1-2H3,(H,18,20). The zero-order chi connectivity index (χ0) is 14.4. The van der Waals surface area contributed by atoms with E-state index in [4.69, 9.17) is 0 Å². The third kappa shape index (κ3) is 4.32. The van der Waals surface area contributed by atoms with E-state index in [1.807, 2.05) is 18.2 Å². The maximum atomic E-state index is 11.2. The van der Waals surface area contributed by atoms with Gasteiger partial charge >= 0.3 is 0 Å². The van der Waals surface area contributed by atoms with Gasteiger partial charge in [0, 0.05) is 31.7 Å². The summed E-state index contributed by atoms with van der Waals surface area (Å²) in [7, 11) is 0. The molecule has 1 aliphatic rings. The Hall–Kier alpha value is -1.39. The number of hydrogen-bond acceptors (Lipinski definition) is 3. The number of carbonyl (C=O) groups excluding carboxylic acids is 1. The highest BCUT2D eigenvalue weighted by atomic mass is 16.1. The van der Waals surface area contributed by atoms with Crippen molar-refractivity contribution in [1.82, 2.24) is 10.2 Å². The SMILES string of the molecule is CCN1CCCC(NCc2ccccc2NC(C)=O)C1. The zero-order valence-corrected chi connectivity index (χ0v) is 12.5. The fraction of sp³-hybridized carbons (Fsp3) is 0.562. The molecule has 1 aromatic rings. The third-order valence-corrected chi connectivity index (χ3v) is 3.86. The molecule has 1 amide bonds. The molecule has 0 saturated carbocycles. The van der Waals surface area contributed by atoms with Crippen LogP contribution in [0, 0.1) is 0 Å². The number of piperidine rings is 1. The quantitative estimate of drug-likeness (QED) is 0.866. The summed E-state index contributed by atoms with van der Waals surface area (Å²) in [4.78, 5) is 13.7. The number of nitrogens with one attached hydrogen (secondary N) is 2. The van der Waals surface area contributed by atoms with Crippen molar-refractivity contribution in [2.75, 3.05) is 25.0 Å². The molecule has 0 bridgehead atoms. The predicted octanol–water partition coefficient (Wildman–Crippen LogP) is 2.22. The Kier molecular flexibility index (Phi) is 5.56. The van der Waals surface area contributed by atoms with Gasteiger partial charge in [-0.1, -0.05) is 25.1 Å². The van der Waals surface area contributed by atoms with Crippen molar-refractivity contribution in [3.8, 4) is 0 Å². The number of amides is 1. The van der Waals surface area contributed by atoms with E-state index in [9.17, 15) is 4.79 Å². The van der Waals surface area contributed by atoms with Crippen LogP contribution >= 0.6 is 0 Å². The topological polar surface area (TPSA) is 44.4 Å². The van der Waals surface area contributed by atoms with Gasteiger partial charge in [-0.2, -0.15) is 0 Å². The molecule has 1 heterocycles. The molecule has 0 radical (unpaired) electrons. The molecule has 4 nitrogen and oxygen atoms in total. The van der Waals surface area contributed by atoms with Gasteiger partial charge in [-0.3, -0.25) is 4.79 Å². The Bertz CT molecular complexity index is 447. The molecule has 2 N–H and O–H groups in total. The number of likely N-dealkylation sites (N-methyl/N-ethyl adjacent to an activating group) is 1. The lowest BCUT2D eigenvalue weighted by Crippen LogP contribution is -2.45. The van der Waals surface area contributed by atoms with Crippen LogP contribution in [0.5, 0.6) is 0 Å². The van der Waals surface area contributed by atoms with Crippen LogP contribution in [0.2, 0.25) is 0 Å². The number of likely N-dealkylation sites (tertiary alicyclic amines) is 1. The summed E-state index contributed by atoms with van der Waals surface area (Å²) < 4.78 is 0. The summed E-state index contributed by atoms with van der Waals surface area (Å²) in [6.07, 6.45) is 2.50. The van der Waals surface area contributed by atoms with Crippen molar-refractivity contribution in [2.24, 2.45) is 0 Å². The van der Waals surface area contributed by atoms with Crippen molar-refractivity contribution in [3.05, 3.63) is 29.8 Å². The molecule has 0 spiro atoms. The first-order valence-electron chi connectivity index (χ1n) is 7.50. The first-order valence-corrected chi connectivity index (χ1v) is 7.50.